The third-order valence-electron chi connectivity index (χ3n) is 2.43. The Morgan fingerprint density at radius 3 is 2.85 bits per heavy atom. The minimum absolute atomic E-state index is 0.0931. The van der Waals surface area contributed by atoms with Crippen molar-refractivity contribution in [3.8, 4) is 0 Å². The Hall–Kier alpha value is -0.830. The minimum atomic E-state index is 0.0931. The van der Waals surface area contributed by atoms with Crippen LogP contribution in [0.15, 0.2) is 10.5 Å². The summed E-state index contributed by atoms with van der Waals surface area (Å²) in [5.74, 6) is 0.0931. The van der Waals surface area contributed by atoms with E-state index in [-0.39, 0.29) is 5.91 Å². The molecule has 1 aromatic carbocycles. The highest BCUT2D eigenvalue weighted by Crippen LogP contribution is 2.33. The van der Waals surface area contributed by atoms with Crippen LogP contribution in [-0.2, 0) is 11.2 Å². The molecule has 0 aliphatic carbocycles. The summed E-state index contributed by atoms with van der Waals surface area (Å²) in [4.78, 5) is 11.1. The van der Waals surface area contributed by atoms with Crippen molar-refractivity contribution in [3.05, 3.63) is 27.2 Å². The van der Waals surface area contributed by atoms with Gasteiger partial charge in [-0.2, -0.15) is 0 Å². The fourth-order valence-electron chi connectivity index (χ4n) is 1.69. The van der Waals surface area contributed by atoms with E-state index < -0.39 is 0 Å². The lowest BCUT2D eigenvalue weighted by molar-refractivity contribution is -0.115. The molecule has 1 N–H and O–H groups in total. The molecule has 0 radical (unpaired) electrons. The van der Waals surface area contributed by atoms with Gasteiger partial charge in [-0.25, -0.2) is 0 Å². The number of hydrogen-bond acceptors (Lipinski definition) is 1. The molecule has 0 unspecified atom stereocenters. The van der Waals surface area contributed by atoms with Gasteiger partial charge in [0.2, 0.25) is 5.91 Å². The summed E-state index contributed by atoms with van der Waals surface area (Å²) in [5, 5.41) is 2.85. The molecule has 0 atom stereocenters. The molecule has 0 fully saturated rings. The first kappa shape index (κ1) is 8.75. The Labute approximate surface area is 85.5 Å². The van der Waals surface area contributed by atoms with Crippen molar-refractivity contribution in [3.63, 3.8) is 0 Å². The Kier molecular flexibility index (Phi) is 1.91. The van der Waals surface area contributed by atoms with Crippen LogP contribution in [0.5, 0.6) is 0 Å². The third-order valence-corrected chi connectivity index (χ3v) is 3.65. The maximum atomic E-state index is 11.1. The number of fused-ring (bicyclic) bond motifs is 1. The smallest absolute Gasteiger partial charge is 0.228 e. The highest BCUT2D eigenvalue weighted by atomic mass is 79.9. The number of halogens is 1. The fourth-order valence-corrected chi connectivity index (χ4v) is 2.05. The molecule has 0 spiro atoms. The molecule has 2 nitrogen and oxygen atoms in total. The molecule has 1 aliphatic heterocycles. The van der Waals surface area contributed by atoms with E-state index in [1.807, 2.05) is 19.9 Å². The minimum Gasteiger partial charge on any atom is -0.326 e. The molecule has 13 heavy (non-hydrogen) atoms. The molecule has 3 heteroatoms. The topological polar surface area (TPSA) is 29.1 Å². The summed E-state index contributed by atoms with van der Waals surface area (Å²) in [6.07, 6.45) is 0.514. The van der Waals surface area contributed by atoms with Crippen molar-refractivity contribution in [2.24, 2.45) is 0 Å². The maximum Gasteiger partial charge on any atom is 0.228 e. The summed E-state index contributed by atoms with van der Waals surface area (Å²) in [5.41, 5.74) is 4.44. The summed E-state index contributed by atoms with van der Waals surface area (Å²) < 4.78 is 1.11. The summed E-state index contributed by atoms with van der Waals surface area (Å²) >= 11 is 3.51. The summed E-state index contributed by atoms with van der Waals surface area (Å²) in [7, 11) is 0. The number of benzene rings is 1. The van der Waals surface area contributed by atoms with Gasteiger partial charge in [0.1, 0.15) is 0 Å². The number of carbonyl (C=O) groups is 1. The number of anilines is 1. The molecule has 0 aromatic heterocycles. The fraction of sp³-hybridized carbons (Fsp3) is 0.300. The number of amides is 1. The average molecular weight is 240 g/mol. The van der Waals surface area contributed by atoms with E-state index in [9.17, 15) is 4.79 Å². The highest BCUT2D eigenvalue weighted by molar-refractivity contribution is 9.10. The van der Waals surface area contributed by atoms with Crippen LogP contribution in [0, 0.1) is 13.8 Å². The zero-order valence-electron chi connectivity index (χ0n) is 7.57. The summed E-state index contributed by atoms with van der Waals surface area (Å²) in [6.45, 7) is 4.07. The molecule has 1 amide bonds. The third kappa shape index (κ3) is 1.27. The largest absolute Gasteiger partial charge is 0.326 e. The molecular formula is C10H10BrNO. The van der Waals surface area contributed by atoms with Crippen LogP contribution in [0.2, 0.25) is 0 Å². The van der Waals surface area contributed by atoms with Crippen molar-refractivity contribution in [2.75, 3.05) is 5.32 Å². The van der Waals surface area contributed by atoms with E-state index in [0.717, 1.165) is 15.7 Å². The van der Waals surface area contributed by atoms with Gasteiger partial charge in [-0.15, -0.1) is 0 Å². The Bertz CT molecular complexity index is 398. The van der Waals surface area contributed by atoms with Crippen LogP contribution in [0.25, 0.3) is 0 Å². The van der Waals surface area contributed by atoms with Crippen LogP contribution in [0.1, 0.15) is 16.7 Å². The van der Waals surface area contributed by atoms with E-state index in [1.54, 1.807) is 0 Å². The lowest BCUT2D eigenvalue weighted by Crippen LogP contribution is -2.03. The quantitative estimate of drug-likeness (QED) is 0.741. The molecule has 1 aromatic rings. The number of carbonyl (C=O) groups excluding carboxylic acids is 1. The number of nitrogens with one attached hydrogen (secondary N) is 1. The standard InChI is InChI=1S/C10H10BrNO/c1-5-3-8-7(4-9(13)12-8)6(2)10(5)11/h3H,4H2,1-2H3,(H,12,13). The molecule has 0 saturated heterocycles. The first-order valence-corrected chi connectivity index (χ1v) is 4.97. The monoisotopic (exact) mass is 239 g/mol. The number of rotatable bonds is 0. The maximum absolute atomic E-state index is 11.1. The molecule has 68 valence electrons. The number of aryl methyl sites for hydroxylation is 1. The van der Waals surface area contributed by atoms with Gasteiger partial charge < -0.3 is 5.32 Å². The second-order valence-corrected chi connectivity index (χ2v) is 4.18. The highest BCUT2D eigenvalue weighted by Gasteiger charge is 2.21. The Morgan fingerprint density at radius 2 is 2.15 bits per heavy atom. The van der Waals surface area contributed by atoms with Crippen LogP contribution in [0.3, 0.4) is 0 Å². The summed E-state index contributed by atoms with van der Waals surface area (Å²) in [6, 6.07) is 2.01. The van der Waals surface area contributed by atoms with Gasteiger partial charge in [-0.05, 0) is 36.6 Å². The Morgan fingerprint density at radius 1 is 1.46 bits per heavy atom. The van der Waals surface area contributed by atoms with Crippen LogP contribution >= 0.6 is 15.9 Å². The van der Waals surface area contributed by atoms with Gasteiger partial charge in [0.15, 0.2) is 0 Å². The lowest BCUT2D eigenvalue weighted by Gasteiger charge is -2.08. The van der Waals surface area contributed by atoms with E-state index in [4.69, 9.17) is 0 Å². The molecular weight excluding hydrogens is 230 g/mol. The van der Waals surface area contributed by atoms with E-state index in [1.165, 1.54) is 11.1 Å². The zero-order chi connectivity index (χ0) is 9.59. The second kappa shape index (κ2) is 2.84. The first-order chi connectivity index (χ1) is 6.09. The predicted octanol–water partition coefficient (Wildman–Crippen LogP) is 2.56. The van der Waals surface area contributed by atoms with Gasteiger partial charge in [0, 0.05) is 10.2 Å². The lowest BCUT2D eigenvalue weighted by atomic mass is 10.0. The zero-order valence-corrected chi connectivity index (χ0v) is 9.16. The van der Waals surface area contributed by atoms with Crippen LogP contribution < -0.4 is 5.32 Å². The molecule has 2 rings (SSSR count). The second-order valence-electron chi connectivity index (χ2n) is 3.38. The molecule has 1 heterocycles. The van der Waals surface area contributed by atoms with Crippen LogP contribution in [-0.4, -0.2) is 5.91 Å². The average Bonchev–Trinajstić information content (AvgIpc) is 2.42. The van der Waals surface area contributed by atoms with Crippen LogP contribution in [0.4, 0.5) is 5.69 Å². The molecule has 0 saturated carbocycles. The van der Waals surface area contributed by atoms with Gasteiger partial charge in [-0.1, -0.05) is 15.9 Å². The predicted molar refractivity (Wildman–Crippen MR) is 55.9 cm³/mol. The normalized spacial score (nSPS) is 14.2. The van der Waals surface area contributed by atoms with Crippen molar-refractivity contribution < 1.29 is 4.79 Å². The number of hydrogen-bond donors (Lipinski definition) is 1. The van der Waals surface area contributed by atoms with Gasteiger partial charge in [-0.3, -0.25) is 4.79 Å². The first-order valence-electron chi connectivity index (χ1n) is 4.18. The van der Waals surface area contributed by atoms with Crippen molar-refractivity contribution in [2.45, 2.75) is 20.3 Å². The SMILES string of the molecule is Cc1cc2c(c(C)c1Br)CC(=O)N2. The van der Waals surface area contributed by atoms with E-state index >= 15 is 0 Å². The van der Waals surface area contributed by atoms with E-state index in [2.05, 4.69) is 21.2 Å². The Balaban J connectivity index is 2.66. The van der Waals surface area contributed by atoms with Crippen molar-refractivity contribution in [1.82, 2.24) is 0 Å². The van der Waals surface area contributed by atoms with Crippen molar-refractivity contribution >= 4 is 27.5 Å². The van der Waals surface area contributed by atoms with Crippen molar-refractivity contribution in [1.29, 1.82) is 0 Å². The van der Waals surface area contributed by atoms with Gasteiger partial charge in [0.05, 0.1) is 6.42 Å². The van der Waals surface area contributed by atoms with E-state index in [0.29, 0.717) is 6.42 Å². The molecule has 1 aliphatic rings. The molecule has 0 bridgehead atoms. The van der Waals surface area contributed by atoms with Gasteiger partial charge >= 0.3 is 0 Å². The van der Waals surface area contributed by atoms with Gasteiger partial charge in [0.25, 0.3) is 0 Å².